The van der Waals surface area contributed by atoms with Crippen LogP contribution in [0.25, 0.3) is 0 Å². The highest BCUT2D eigenvalue weighted by Gasteiger charge is 2.33. The van der Waals surface area contributed by atoms with Gasteiger partial charge in [-0.25, -0.2) is 0 Å². The maximum atomic E-state index is 12.3. The minimum Gasteiger partial charge on any atom is -0.404 e. The van der Waals surface area contributed by atoms with Crippen LogP contribution >= 0.6 is 15.9 Å². The first-order chi connectivity index (χ1) is 8.37. The summed E-state index contributed by atoms with van der Waals surface area (Å²) >= 11 is 3.11. The summed E-state index contributed by atoms with van der Waals surface area (Å²) in [6.07, 6.45) is -3.40. The summed E-state index contributed by atoms with van der Waals surface area (Å²) in [7, 11) is 0. The summed E-state index contributed by atoms with van der Waals surface area (Å²) in [4.78, 5) is 1.54. The number of hydrogen-bond donors (Lipinski definition) is 1. The van der Waals surface area contributed by atoms with Crippen molar-refractivity contribution in [2.75, 3.05) is 11.4 Å². The van der Waals surface area contributed by atoms with E-state index in [2.05, 4.69) is 20.7 Å². The molecule has 18 heavy (non-hydrogen) atoms. The van der Waals surface area contributed by atoms with Crippen LogP contribution in [0.5, 0.6) is 5.75 Å². The molecule has 3 nitrogen and oxygen atoms in total. The van der Waals surface area contributed by atoms with E-state index in [-0.39, 0.29) is 11.4 Å². The fraction of sp³-hybridized carbons (Fsp3) is 0.364. The molecule has 1 fully saturated rings. The lowest BCUT2D eigenvalue weighted by molar-refractivity contribution is -0.274. The number of benzene rings is 1. The van der Waals surface area contributed by atoms with Crippen molar-refractivity contribution in [2.24, 2.45) is 0 Å². The zero-order valence-electron chi connectivity index (χ0n) is 9.22. The van der Waals surface area contributed by atoms with Crippen molar-refractivity contribution < 1.29 is 17.9 Å². The monoisotopic (exact) mass is 322 g/mol. The van der Waals surface area contributed by atoms with Crippen LogP contribution in [0.3, 0.4) is 0 Å². The molecule has 1 aromatic rings. The first-order valence-electron chi connectivity index (χ1n) is 5.27. The second-order valence-corrected chi connectivity index (χ2v) is 4.78. The van der Waals surface area contributed by atoms with Gasteiger partial charge >= 0.3 is 6.36 Å². The van der Waals surface area contributed by atoms with Gasteiger partial charge in [0.1, 0.15) is 5.84 Å². The molecule has 98 valence electrons. The highest BCUT2D eigenvalue weighted by atomic mass is 79.9. The van der Waals surface area contributed by atoms with Crippen molar-refractivity contribution in [2.45, 2.75) is 19.2 Å². The van der Waals surface area contributed by atoms with Gasteiger partial charge in [-0.2, -0.15) is 0 Å². The van der Waals surface area contributed by atoms with Gasteiger partial charge in [-0.15, -0.1) is 13.2 Å². The molecule has 0 saturated carbocycles. The Hall–Kier alpha value is -1.24. The summed E-state index contributed by atoms with van der Waals surface area (Å²) in [5.74, 6) is 0.0212. The molecule has 7 heteroatoms. The van der Waals surface area contributed by atoms with Crippen LogP contribution in [0.4, 0.5) is 18.9 Å². The lowest BCUT2D eigenvalue weighted by Crippen LogP contribution is -2.25. The molecular weight excluding hydrogens is 313 g/mol. The van der Waals surface area contributed by atoms with Crippen molar-refractivity contribution >= 4 is 27.5 Å². The Balaban J connectivity index is 2.37. The Morgan fingerprint density at radius 2 is 2.06 bits per heavy atom. The molecule has 0 amide bonds. The predicted octanol–water partition coefficient (Wildman–Crippen LogP) is 3.93. The zero-order valence-corrected chi connectivity index (χ0v) is 10.8. The van der Waals surface area contributed by atoms with E-state index in [4.69, 9.17) is 5.41 Å². The summed E-state index contributed by atoms with van der Waals surface area (Å²) < 4.78 is 41.5. The van der Waals surface area contributed by atoms with Gasteiger partial charge in [-0.1, -0.05) is 15.9 Å². The fourth-order valence-electron chi connectivity index (χ4n) is 1.86. The summed E-state index contributed by atoms with van der Waals surface area (Å²) in [5.41, 5.74) is 0.276. The Morgan fingerprint density at radius 1 is 1.33 bits per heavy atom. The van der Waals surface area contributed by atoms with Crippen LogP contribution < -0.4 is 9.64 Å². The van der Waals surface area contributed by atoms with Crippen LogP contribution in [0.1, 0.15) is 12.8 Å². The smallest absolute Gasteiger partial charge is 0.404 e. The fourth-order valence-corrected chi connectivity index (χ4v) is 2.20. The van der Waals surface area contributed by atoms with Gasteiger partial charge in [0, 0.05) is 17.4 Å². The van der Waals surface area contributed by atoms with E-state index in [1.807, 2.05) is 0 Å². The second kappa shape index (κ2) is 4.79. The van der Waals surface area contributed by atoms with Crippen LogP contribution in [0, 0.1) is 5.41 Å². The van der Waals surface area contributed by atoms with E-state index in [0.29, 0.717) is 23.3 Å². The molecule has 0 aromatic heterocycles. The minimum atomic E-state index is -4.74. The number of nitrogens with one attached hydrogen (secondary N) is 1. The normalized spacial score (nSPS) is 16.2. The van der Waals surface area contributed by atoms with Gasteiger partial charge in [0.25, 0.3) is 0 Å². The van der Waals surface area contributed by atoms with Crippen molar-refractivity contribution in [3.05, 3.63) is 22.7 Å². The van der Waals surface area contributed by atoms with Crippen molar-refractivity contribution in [3.8, 4) is 5.75 Å². The topological polar surface area (TPSA) is 36.3 Å². The lowest BCUT2D eigenvalue weighted by Gasteiger charge is -2.22. The van der Waals surface area contributed by atoms with Gasteiger partial charge in [-0.05, 0) is 24.6 Å². The quantitative estimate of drug-likeness (QED) is 0.895. The summed E-state index contributed by atoms with van der Waals surface area (Å²) in [5, 5.41) is 7.70. The van der Waals surface area contributed by atoms with Gasteiger partial charge in [-0.3, -0.25) is 5.41 Å². The minimum absolute atomic E-state index is 0.276. The Kier molecular flexibility index (Phi) is 3.52. The van der Waals surface area contributed by atoms with Gasteiger partial charge < -0.3 is 9.64 Å². The first-order valence-corrected chi connectivity index (χ1v) is 6.06. The molecule has 0 bridgehead atoms. The average Bonchev–Trinajstić information content (AvgIpc) is 2.62. The van der Waals surface area contributed by atoms with Crippen LogP contribution in [0.15, 0.2) is 22.7 Å². The number of nitrogens with zero attached hydrogens (tertiary/aromatic N) is 1. The van der Waals surface area contributed by atoms with E-state index in [9.17, 15) is 13.2 Å². The molecule has 0 atom stereocenters. The third kappa shape index (κ3) is 2.95. The second-order valence-electron chi connectivity index (χ2n) is 3.86. The number of alkyl halides is 3. The Bertz CT molecular complexity index is 476. The predicted molar refractivity (Wildman–Crippen MR) is 65.1 cm³/mol. The number of rotatable bonds is 2. The van der Waals surface area contributed by atoms with E-state index in [1.54, 1.807) is 6.07 Å². The number of amidine groups is 1. The van der Waals surface area contributed by atoms with E-state index >= 15 is 0 Å². The first kappa shape index (κ1) is 13.2. The van der Waals surface area contributed by atoms with E-state index < -0.39 is 6.36 Å². The van der Waals surface area contributed by atoms with Crippen LogP contribution in [0.2, 0.25) is 0 Å². The molecule has 2 rings (SSSR count). The molecule has 0 spiro atoms. The van der Waals surface area contributed by atoms with Gasteiger partial charge in [0.15, 0.2) is 5.75 Å². The summed E-state index contributed by atoms with van der Waals surface area (Å²) in [6.45, 7) is 0.536. The van der Waals surface area contributed by atoms with Gasteiger partial charge in [0.05, 0.1) is 5.69 Å². The number of halogens is 4. The Labute approximate surface area is 110 Å². The zero-order chi connectivity index (χ0) is 13.3. The van der Waals surface area contributed by atoms with Crippen molar-refractivity contribution in [3.63, 3.8) is 0 Å². The average molecular weight is 323 g/mol. The molecule has 1 saturated heterocycles. The molecule has 1 aliphatic rings. The molecular formula is C11H10BrF3N2O. The standard InChI is InChI=1S/C11H10BrF3N2O/c12-7-3-4-8(17-5-1-2-10(17)16)9(6-7)18-11(13,14)15/h3-4,6,16H,1-2,5H2. The van der Waals surface area contributed by atoms with E-state index in [1.165, 1.54) is 17.0 Å². The lowest BCUT2D eigenvalue weighted by atomic mass is 10.2. The van der Waals surface area contributed by atoms with Gasteiger partial charge in [0.2, 0.25) is 0 Å². The number of ether oxygens (including phenoxy) is 1. The van der Waals surface area contributed by atoms with Crippen LogP contribution in [-0.4, -0.2) is 18.7 Å². The number of anilines is 1. The molecule has 1 N–H and O–H groups in total. The maximum Gasteiger partial charge on any atom is 0.573 e. The molecule has 1 aromatic carbocycles. The maximum absolute atomic E-state index is 12.3. The van der Waals surface area contributed by atoms with Crippen LogP contribution in [-0.2, 0) is 0 Å². The largest absolute Gasteiger partial charge is 0.573 e. The SMILES string of the molecule is N=C1CCCN1c1ccc(Br)cc1OC(F)(F)F. The molecule has 1 heterocycles. The third-order valence-electron chi connectivity index (χ3n) is 2.56. The number of hydrogen-bond acceptors (Lipinski definition) is 2. The Morgan fingerprint density at radius 3 is 2.61 bits per heavy atom. The highest BCUT2D eigenvalue weighted by Crippen LogP contribution is 2.37. The molecule has 1 aliphatic heterocycles. The molecule has 0 radical (unpaired) electrons. The van der Waals surface area contributed by atoms with E-state index in [0.717, 1.165) is 6.42 Å². The van der Waals surface area contributed by atoms with Crippen molar-refractivity contribution in [1.29, 1.82) is 5.41 Å². The molecule has 0 unspecified atom stereocenters. The van der Waals surface area contributed by atoms with Crippen molar-refractivity contribution in [1.82, 2.24) is 0 Å². The summed E-state index contributed by atoms with van der Waals surface area (Å²) in [6, 6.07) is 4.41. The highest BCUT2D eigenvalue weighted by molar-refractivity contribution is 9.10. The third-order valence-corrected chi connectivity index (χ3v) is 3.05. The molecule has 0 aliphatic carbocycles.